The normalized spacial score (nSPS) is 24.3. The number of carbonyl (C=O) groups is 5. The molecule has 3 N–H and O–H groups in total. The number of hydrogen-bond donors (Lipinski definition) is 3. The first-order valence-corrected chi connectivity index (χ1v) is 31.9. The molecule has 0 radical (unpaired) electrons. The number of rotatable bonds is 21. The van der Waals surface area contributed by atoms with Crippen LogP contribution in [0.4, 0.5) is 5.82 Å². The Labute approximate surface area is 492 Å². The molecule has 1 aromatic heterocycles. The smallest absolute Gasteiger partial charge is 0.342 e. The number of carbonyl (C=O) groups excluding carboxylic acids is 5. The number of anilines is 1. The summed E-state index contributed by atoms with van der Waals surface area (Å²) in [5.74, 6) is -0.903. The second kappa shape index (κ2) is 27.2. The lowest BCUT2D eigenvalue weighted by Crippen LogP contribution is -2.50. The number of ether oxygens (including phenoxy) is 3. The molecule has 3 aliphatic rings. The maximum absolute atomic E-state index is 15.7. The molecule has 0 spiro atoms. The third-order valence-corrected chi connectivity index (χ3v) is 20.0. The fraction of sp³-hybridized carbons (Fsp3) is 0.797. The number of amidine groups is 1. The molecular formula is C69H116N4O8. The predicted molar refractivity (Wildman–Crippen MR) is 333 cm³/mol. The maximum atomic E-state index is 15.7. The van der Waals surface area contributed by atoms with Crippen molar-refractivity contribution in [3.8, 4) is 0 Å². The molecule has 0 bridgehead atoms. The van der Waals surface area contributed by atoms with Crippen LogP contribution in [0.1, 0.15) is 278 Å². The average molecular weight is 1130 g/mol. The minimum atomic E-state index is -0.870. The Bertz CT molecular complexity index is 2400. The average Bonchev–Trinajstić information content (AvgIpc) is 4.11. The molecule has 2 heterocycles. The number of nitrogens with one attached hydrogen (secondary N) is 3. The van der Waals surface area contributed by atoms with Gasteiger partial charge in [0.1, 0.15) is 35.0 Å². The monoisotopic (exact) mass is 1130 g/mol. The largest absolute Gasteiger partial charge is 0.465 e. The van der Waals surface area contributed by atoms with Gasteiger partial charge < -0.3 is 29.8 Å². The molecule has 81 heavy (non-hydrogen) atoms. The third kappa shape index (κ3) is 16.0. The Morgan fingerprint density at radius 1 is 0.605 bits per heavy atom. The Balaban J connectivity index is 2.08. The van der Waals surface area contributed by atoms with Crippen molar-refractivity contribution in [3.63, 3.8) is 0 Å². The lowest BCUT2D eigenvalue weighted by molar-refractivity contribution is -0.164. The van der Waals surface area contributed by atoms with Gasteiger partial charge >= 0.3 is 17.9 Å². The summed E-state index contributed by atoms with van der Waals surface area (Å²) in [7, 11) is 0. The number of nitrogens with zero attached hydrogens (tertiary/aromatic N) is 1. The van der Waals surface area contributed by atoms with Crippen molar-refractivity contribution in [1.29, 1.82) is 0 Å². The fourth-order valence-corrected chi connectivity index (χ4v) is 13.9. The zero-order chi connectivity index (χ0) is 61.7. The van der Waals surface area contributed by atoms with Gasteiger partial charge in [0, 0.05) is 40.2 Å². The van der Waals surface area contributed by atoms with Crippen molar-refractivity contribution in [2.45, 2.75) is 268 Å². The second-order valence-corrected chi connectivity index (χ2v) is 30.4. The van der Waals surface area contributed by atoms with E-state index >= 15 is 14.4 Å². The molecular weight excluding hydrogens is 1010 g/mol. The van der Waals surface area contributed by atoms with Gasteiger partial charge in [-0.15, -0.1) is 0 Å². The Hall–Kier alpha value is -4.22. The van der Waals surface area contributed by atoms with E-state index in [-0.39, 0.29) is 116 Å². The first-order valence-electron chi connectivity index (χ1n) is 31.9. The third-order valence-electron chi connectivity index (χ3n) is 20.0. The number of amides is 2. The molecule has 2 amide bonds. The van der Waals surface area contributed by atoms with E-state index in [4.69, 9.17) is 19.2 Å². The van der Waals surface area contributed by atoms with Crippen molar-refractivity contribution in [2.24, 2.45) is 84.8 Å². The Morgan fingerprint density at radius 3 is 1.41 bits per heavy atom. The minimum absolute atomic E-state index is 0.0618. The van der Waals surface area contributed by atoms with Crippen LogP contribution in [0.15, 0.2) is 21.8 Å². The van der Waals surface area contributed by atoms with Gasteiger partial charge in [-0.05, 0) is 140 Å². The molecule has 1 aliphatic heterocycles. The van der Waals surface area contributed by atoms with Crippen molar-refractivity contribution >= 4 is 47.5 Å². The topological polar surface area (TPSA) is 165 Å². The number of aromatic nitrogens is 1. The number of allylic oxidation sites excluding steroid dienone is 1. The molecule has 12 nitrogen and oxygen atoms in total. The van der Waals surface area contributed by atoms with Gasteiger partial charge in [0.05, 0.1) is 18.2 Å². The Kier molecular flexibility index (Phi) is 23.3. The maximum Gasteiger partial charge on any atom is 0.342 e. The highest BCUT2D eigenvalue weighted by molar-refractivity contribution is 6.26. The molecule has 0 saturated heterocycles. The molecule has 2 aliphatic carbocycles. The SMILES string of the molecule is CCC(C)C(=O)OCCCC(CC)(CC)C(=O)NC1=NC(=Cc2[nH]c(NC(=O)C(CC)(CC)CC)c(C(=O)OC3C(C(C)(C)C)CC(C)CC3C(C)(C)C)c2C(C)C)C(C(C)C)=C1C(=O)OC1C(C(C)(C)C)CC(C)CC1C(C)(C)C. The fourth-order valence-electron chi connectivity index (χ4n) is 13.9. The summed E-state index contributed by atoms with van der Waals surface area (Å²) in [6, 6.07) is 0. The van der Waals surface area contributed by atoms with Crippen LogP contribution in [0.3, 0.4) is 0 Å². The van der Waals surface area contributed by atoms with Crippen LogP contribution in [-0.2, 0) is 33.4 Å². The lowest BCUT2D eigenvalue weighted by atomic mass is 9.59. The van der Waals surface area contributed by atoms with Crippen LogP contribution in [0.2, 0.25) is 0 Å². The molecule has 4 rings (SSSR count). The molecule has 2 saturated carbocycles. The van der Waals surface area contributed by atoms with Gasteiger partial charge in [-0.2, -0.15) is 0 Å². The summed E-state index contributed by atoms with van der Waals surface area (Å²) in [5.41, 5.74) is 0.521. The van der Waals surface area contributed by atoms with Crippen molar-refractivity contribution in [3.05, 3.63) is 33.7 Å². The lowest BCUT2D eigenvalue weighted by Gasteiger charge is -2.50. The van der Waals surface area contributed by atoms with E-state index in [9.17, 15) is 9.59 Å². The van der Waals surface area contributed by atoms with E-state index in [1.54, 1.807) is 0 Å². The van der Waals surface area contributed by atoms with E-state index in [2.05, 4.69) is 113 Å². The molecule has 460 valence electrons. The summed E-state index contributed by atoms with van der Waals surface area (Å²) in [6.07, 6.45) is 9.21. The predicted octanol–water partition coefficient (Wildman–Crippen LogP) is 17.2. The van der Waals surface area contributed by atoms with Gasteiger partial charge in [0.15, 0.2) is 0 Å². The van der Waals surface area contributed by atoms with Gasteiger partial charge in [-0.25, -0.2) is 14.6 Å². The first kappa shape index (κ1) is 69.3. The van der Waals surface area contributed by atoms with Crippen molar-refractivity contribution in [1.82, 2.24) is 10.3 Å². The highest BCUT2D eigenvalue weighted by Gasteiger charge is 2.51. The van der Waals surface area contributed by atoms with Crippen LogP contribution in [0, 0.1) is 79.8 Å². The number of esters is 3. The first-order chi connectivity index (χ1) is 37.3. The van der Waals surface area contributed by atoms with Gasteiger partial charge in [-0.1, -0.05) is 173 Å². The summed E-state index contributed by atoms with van der Waals surface area (Å²) in [5, 5.41) is 6.50. The standard InChI is InChI=1S/C69H116N4O8/c1-26-44(13)59(74)79-34-32-33-69(30-5,31-6)63(78)73-58-54(61(76)81-56-47(66(20,21)22)37-43(12)38-48(56)67(23,24)25)52(41(9)10)50(71-58)39-49-51(40(7)8)53(57(70-49)72-62(77)68(27-2,28-3)29-4)60(75)80-55-45(64(14,15)16)35-42(11)36-46(55)65(17,18)19/h39-48,55-56,70H,26-38H2,1-25H3,(H,72,77)(H,71,73,78). The quantitative estimate of drug-likeness (QED) is 0.0622. The molecule has 5 atom stereocenters. The summed E-state index contributed by atoms with van der Waals surface area (Å²) >= 11 is 0. The zero-order valence-electron chi connectivity index (χ0n) is 55.8. The summed E-state index contributed by atoms with van der Waals surface area (Å²) < 4.78 is 19.7. The van der Waals surface area contributed by atoms with Gasteiger partial charge in [0.2, 0.25) is 11.8 Å². The van der Waals surface area contributed by atoms with Gasteiger partial charge in [0.25, 0.3) is 0 Å². The van der Waals surface area contributed by atoms with Crippen LogP contribution in [0.25, 0.3) is 6.08 Å². The number of H-pyrrole nitrogens is 1. The van der Waals surface area contributed by atoms with Crippen LogP contribution in [-0.4, -0.2) is 59.4 Å². The van der Waals surface area contributed by atoms with E-state index < -0.39 is 28.9 Å². The Morgan fingerprint density at radius 2 is 1.02 bits per heavy atom. The van der Waals surface area contributed by atoms with E-state index in [0.717, 1.165) is 25.7 Å². The molecule has 5 unspecified atom stereocenters. The van der Waals surface area contributed by atoms with Crippen LogP contribution < -0.4 is 10.6 Å². The van der Waals surface area contributed by atoms with Gasteiger partial charge in [-0.3, -0.25) is 14.4 Å². The second-order valence-electron chi connectivity index (χ2n) is 30.4. The summed E-state index contributed by atoms with van der Waals surface area (Å²) in [6.45, 7) is 53.7. The molecule has 0 aromatic carbocycles. The van der Waals surface area contributed by atoms with E-state index in [1.807, 2.05) is 82.2 Å². The number of hydrogen-bond acceptors (Lipinski definition) is 9. The minimum Gasteiger partial charge on any atom is -0.465 e. The van der Waals surface area contributed by atoms with E-state index in [0.29, 0.717) is 85.7 Å². The number of aromatic amines is 1. The highest BCUT2D eigenvalue weighted by Crippen LogP contribution is 2.52. The van der Waals surface area contributed by atoms with E-state index in [1.165, 1.54) is 0 Å². The molecule has 12 heteroatoms. The van der Waals surface area contributed by atoms with Crippen molar-refractivity contribution < 1.29 is 38.2 Å². The van der Waals surface area contributed by atoms with Crippen LogP contribution >= 0.6 is 0 Å². The van der Waals surface area contributed by atoms with Crippen LogP contribution in [0.5, 0.6) is 0 Å². The zero-order valence-corrected chi connectivity index (χ0v) is 55.8. The molecule has 2 fully saturated rings. The molecule has 1 aromatic rings. The van der Waals surface area contributed by atoms with Crippen molar-refractivity contribution in [2.75, 3.05) is 11.9 Å². The number of aliphatic imine (C=N–C) groups is 1. The highest BCUT2D eigenvalue weighted by atomic mass is 16.6. The summed E-state index contributed by atoms with van der Waals surface area (Å²) in [4.78, 5) is 82.7.